The average molecular weight is 873 g/mol. The van der Waals surface area contributed by atoms with Crippen molar-refractivity contribution in [2.45, 2.75) is 0 Å². The number of nitrogens with zero attached hydrogens (tertiary/aromatic N) is 2. The van der Waals surface area contributed by atoms with Crippen molar-refractivity contribution in [2.24, 2.45) is 0 Å². The molecule has 12 aromatic rings. The number of hydrogen-bond acceptors (Lipinski definition) is 4. The lowest BCUT2D eigenvalue weighted by Crippen LogP contribution is -2.13. The van der Waals surface area contributed by atoms with Crippen molar-refractivity contribution >= 4 is 66.4 Å². The van der Waals surface area contributed by atoms with Gasteiger partial charge >= 0.3 is 0 Å². The third kappa shape index (κ3) is 7.40. The van der Waals surface area contributed by atoms with E-state index in [-0.39, 0.29) is 0 Å². The van der Waals surface area contributed by atoms with Crippen LogP contribution in [0.1, 0.15) is 0 Å². The highest BCUT2D eigenvalue weighted by Crippen LogP contribution is 2.52. The fourth-order valence-electron chi connectivity index (χ4n) is 9.69. The monoisotopic (exact) mass is 872 g/mol. The molecule has 0 aliphatic rings. The van der Waals surface area contributed by atoms with Crippen LogP contribution in [0.4, 0.5) is 34.1 Å². The molecule has 0 N–H and O–H groups in total. The zero-order chi connectivity index (χ0) is 45.2. The molecular weight excluding hydrogens is 829 g/mol. The topological polar surface area (TPSA) is 24.9 Å². The van der Waals surface area contributed by atoms with Gasteiger partial charge in [0.15, 0.2) is 11.5 Å². The van der Waals surface area contributed by atoms with Crippen LogP contribution in [-0.2, 0) is 0 Å². The summed E-state index contributed by atoms with van der Waals surface area (Å²) >= 11 is 0. The van der Waals surface area contributed by atoms with Crippen molar-refractivity contribution in [3.63, 3.8) is 0 Å². The van der Waals surface area contributed by atoms with Gasteiger partial charge in [0.2, 0.25) is 0 Å². The first-order chi connectivity index (χ1) is 33.8. The van der Waals surface area contributed by atoms with Gasteiger partial charge in [0.1, 0.15) is 11.5 Å². The molecule has 0 aliphatic carbocycles. The molecule has 0 bridgehead atoms. The van der Waals surface area contributed by atoms with E-state index in [1.807, 2.05) is 72.8 Å². The van der Waals surface area contributed by atoms with Crippen molar-refractivity contribution in [3.8, 4) is 45.3 Å². The Morgan fingerprint density at radius 2 is 0.559 bits per heavy atom. The van der Waals surface area contributed by atoms with Crippen LogP contribution in [0.5, 0.6) is 23.0 Å². The van der Waals surface area contributed by atoms with Crippen LogP contribution >= 0.6 is 0 Å². The summed E-state index contributed by atoms with van der Waals surface area (Å²) in [7, 11) is 0. The maximum Gasteiger partial charge on any atom is 0.151 e. The summed E-state index contributed by atoms with van der Waals surface area (Å²) in [6.45, 7) is 0. The number of rotatable bonds is 12. The van der Waals surface area contributed by atoms with E-state index in [4.69, 9.17) is 9.47 Å². The molecule has 0 radical (unpaired) electrons. The van der Waals surface area contributed by atoms with Crippen LogP contribution in [-0.4, -0.2) is 0 Å². The third-order valence-corrected chi connectivity index (χ3v) is 12.7. The van der Waals surface area contributed by atoms with E-state index in [1.165, 1.54) is 10.8 Å². The Labute approximate surface area is 396 Å². The molecule has 0 unspecified atom stereocenters. The van der Waals surface area contributed by atoms with Gasteiger partial charge in [-0.15, -0.1) is 0 Å². The van der Waals surface area contributed by atoms with Crippen LogP contribution in [0.3, 0.4) is 0 Å². The maximum absolute atomic E-state index is 6.76. The molecule has 0 saturated carbocycles. The van der Waals surface area contributed by atoms with Crippen LogP contribution in [0.25, 0.3) is 54.6 Å². The summed E-state index contributed by atoms with van der Waals surface area (Å²) in [4.78, 5) is 4.76. The van der Waals surface area contributed by atoms with E-state index < -0.39 is 0 Å². The number of ether oxygens (including phenoxy) is 2. The number of benzene rings is 12. The molecule has 0 saturated heterocycles. The summed E-state index contributed by atoms with van der Waals surface area (Å²) in [5.41, 5.74) is 10.5. The van der Waals surface area contributed by atoms with Crippen LogP contribution in [0.15, 0.2) is 267 Å². The smallest absolute Gasteiger partial charge is 0.151 e. The van der Waals surface area contributed by atoms with E-state index in [2.05, 4.69) is 204 Å². The Morgan fingerprint density at radius 1 is 0.235 bits per heavy atom. The average Bonchev–Trinajstić information content (AvgIpc) is 3.41. The minimum Gasteiger partial charge on any atom is -0.455 e. The fraction of sp³-hybridized carbons (Fsp3) is 0. The second-order valence-electron chi connectivity index (χ2n) is 16.8. The highest BCUT2D eigenvalue weighted by atomic mass is 16.5. The standard InChI is InChI=1S/C64H44N2O2/c1-5-21-45(22-6-1)51-29-13-15-31-55(51)65(59-33-17-19-35-61(59)67-49-25-9-3-10-26-49)57-43-39-47-38-42-54-58(44-40-48-37-41-53(57)63(47)64(48)54)66(56-32-16-14-30-52(56)46-23-7-2-8-24-46)60-34-18-20-36-62(60)68-50-27-11-4-12-28-50/h1-44H. The normalized spacial score (nSPS) is 11.2. The molecule has 68 heavy (non-hydrogen) atoms. The quantitative estimate of drug-likeness (QED) is 0.114. The molecule has 12 aromatic carbocycles. The van der Waals surface area contributed by atoms with Gasteiger partial charge in [-0.05, 0) is 105 Å². The van der Waals surface area contributed by atoms with Gasteiger partial charge in [-0.1, -0.05) is 194 Å². The van der Waals surface area contributed by atoms with Gasteiger partial charge in [0, 0.05) is 21.9 Å². The lowest BCUT2D eigenvalue weighted by atomic mass is 9.91. The maximum atomic E-state index is 6.76. The molecule has 4 heteroatoms. The minimum atomic E-state index is 0.749. The Morgan fingerprint density at radius 3 is 0.971 bits per heavy atom. The van der Waals surface area contributed by atoms with E-state index in [1.54, 1.807) is 0 Å². The van der Waals surface area contributed by atoms with Gasteiger partial charge in [-0.2, -0.15) is 0 Å². The van der Waals surface area contributed by atoms with Crippen LogP contribution < -0.4 is 19.3 Å². The Balaban J connectivity index is 1.12. The van der Waals surface area contributed by atoms with E-state index >= 15 is 0 Å². The summed E-state index contributed by atoms with van der Waals surface area (Å²) in [5.74, 6) is 3.04. The second-order valence-corrected chi connectivity index (χ2v) is 16.8. The SMILES string of the molecule is c1ccc(Oc2ccccc2N(c2ccccc2-c2ccccc2)c2ccc3ccc4c(N(c5ccccc5Oc5ccccc5)c5ccccc5-c5ccccc5)ccc5ccc2c3c54)cc1. The second kappa shape index (κ2) is 17.7. The zero-order valence-electron chi connectivity index (χ0n) is 37.1. The fourth-order valence-corrected chi connectivity index (χ4v) is 9.69. The van der Waals surface area contributed by atoms with E-state index in [9.17, 15) is 0 Å². The molecule has 0 spiro atoms. The van der Waals surface area contributed by atoms with Gasteiger partial charge in [0.25, 0.3) is 0 Å². The van der Waals surface area contributed by atoms with E-state index in [0.29, 0.717) is 0 Å². The number of hydrogen-bond donors (Lipinski definition) is 0. The lowest BCUT2D eigenvalue weighted by Gasteiger charge is -2.32. The number of para-hydroxylation sites is 8. The summed E-state index contributed by atoms with van der Waals surface area (Å²) in [6, 6.07) is 93.6. The van der Waals surface area contributed by atoms with Gasteiger partial charge < -0.3 is 19.3 Å². The Hall–Kier alpha value is -9.12. The number of anilines is 6. The first-order valence-corrected chi connectivity index (χ1v) is 23.0. The molecular formula is C64H44N2O2. The van der Waals surface area contributed by atoms with Crippen molar-refractivity contribution < 1.29 is 9.47 Å². The molecule has 0 aliphatic heterocycles. The lowest BCUT2D eigenvalue weighted by molar-refractivity contribution is 0.483. The summed E-state index contributed by atoms with van der Waals surface area (Å²) < 4.78 is 13.5. The van der Waals surface area contributed by atoms with Gasteiger partial charge in [-0.3, -0.25) is 0 Å². The molecule has 0 fully saturated rings. The minimum absolute atomic E-state index is 0.749. The van der Waals surface area contributed by atoms with Crippen molar-refractivity contribution in [1.82, 2.24) is 0 Å². The Bertz CT molecular complexity index is 3440. The van der Waals surface area contributed by atoms with Crippen molar-refractivity contribution in [3.05, 3.63) is 267 Å². The third-order valence-electron chi connectivity index (χ3n) is 12.7. The first-order valence-electron chi connectivity index (χ1n) is 23.0. The molecule has 0 aromatic heterocycles. The van der Waals surface area contributed by atoms with Crippen molar-refractivity contribution in [2.75, 3.05) is 9.80 Å². The highest BCUT2D eigenvalue weighted by Gasteiger charge is 2.27. The zero-order valence-corrected chi connectivity index (χ0v) is 37.1. The Kier molecular flexibility index (Phi) is 10.5. The van der Waals surface area contributed by atoms with Gasteiger partial charge in [-0.25, -0.2) is 0 Å². The molecule has 12 rings (SSSR count). The predicted octanol–water partition coefficient (Wildman–Crippen LogP) is 18.4. The summed E-state index contributed by atoms with van der Waals surface area (Å²) in [6.07, 6.45) is 0. The first kappa shape index (κ1) is 40.4. The van der Waals surface area contributed by atoms with Crippen LogP contribution in [0, 0.1) is 0 Å². The predicted molar refractivity (Wildman–Crippen MR) is 283 cm³/mol. The van der Waals surface area contributed by atoms with E-state index in [0.717, 1.165) is 101 Å². The van der Waals surface area contributed by atoms with Gasteiger partial charge in [0.05, 0.1) is 34.1 Å². The largest absolute Gasteiger partial charge is 0.455 e. The molecule has 4 nitrogen and oxygen atoms in total. The highest BCUT2D eigenvalue weighted by molar-refractivity contribution is 6.28. The molecule has 0 heterocycles. The van der Waals surface area contributed by atoms with Crippen LogP contribution in [0.2, 0.25) is 0 Å². The molecule has 0 amide bonds. The van der Waals surface area contributed by atoms with Crippen molar-refractivity contribution in [1.29, 1.82) is 0 Å². The molecule has 0 atom stereocenters. The summed E-state index contributed by atoms with van der Waals surface area (Å²) in [5, 5.41) is 6.95. The molecule has 322 valence electrons.